The average molecular weight is 459 g/mol. The Morgan fingerprint density at radius 3 is 2.35 bits per heavy atom. The maximum absolute atomic E-state index is 13.2. The summed E-state index contributed by atoms with van der Waals surface area (Å²) in [6, 6.07) is 11.8. The topological polar surface area (TPSA) is 80.3 Å². The quantitative estimate of drug-likeness (QED) is 0.474. The molecule has 0 amide bonds. The van der Waals surface area contributed by atoms with E-state index in [9.17, 15) is 9.59 Å². The van der Waals surface area contributed by atoms with Gasteiger partial charge < -0.3 is 4.90 Å². The normalized spacial score (nSPS) is 14.5. The highest BCUT2D eigenvalue weighted by molar-refractivity contribution is 5.91. The molecule has 0 atom stereocenters. The lowest BCUT2D eigenvalue weighted by Gasteiger charge is -2.30. The molecule has 0 saturated carbocycles. The van der Waals surface area contributed by atoms with Crippen molar-refractivity contribution in [3.63, 3.8) is 0 Å². The highest BCUT2D eigenvalue weighted by atomic mass is 16.1. The molecular weight excluding hydrogens is 428 g/mol. The molecule has 0 aliphatic carbocycles. The summed E-state index contributed by atoms with van der Waals surface area (Å²) in [6.45, 7) is 5.79. The number of piperidine rings is 1. The SMILES string of the molecule is Cc1cccc(-n2[nH]c(C)c(C=Nc3cc4c(cc3N3CCCCC3)n(C)c(=O)n4C)c2=O)c1. The highest BCUT2D eigenvalue weighted by Crippen LogP contribution is 2.34. The maximum Gasteiger partial charge on any atom is 0.328 e. The Labute approximate surface area is 197 Å². The van der Waals surface area contributed by atoms with Crippen molar-refractivity contribution in [3.05, 3.63) is 74.1 Å². The van der Waals surface area contributed by atoms with E-state index in [1.165, 1.54) is 6.42 Å². The van der Waals surface area contributed by atoms with Crippen molar-refractivity contribution >= 4 is 28.6 Å². The number of fused-ring (bicyclic) bond motifs is 1. The molecule has 1 aliphatic heterocycles. The van der Waals surface area contributed by atoms with Gasteiger partial charge in [-0.15, -0.1) is 0 Å². The van der Waals surface area contributed by atoms with Gasteiger partial charge in [0.1, 0.15) is 0 Å². The monoisotopic (exact) mass is 458 g/mol. The van der Waals surface area contributed by atoms with Gasteiger partial charge in [0, 0.05) is 39.1 Å². The number of H-pyrrole nitrogens is 1. The number of aryl methyl sites for hydroxylation is 4. The maximum atomic E-state index is 13.2. The van der Waals surface area contributed by atoms with Gasteiger partial charge in [0.15, 0.2) is 0 Å². The lowest BCUT2D eigenvalue weighted by Crippen LogP contribution is -2.29. The van der Waals surface area contributed by atoms with Crippen molar-refractivity contribution in [1.82, 2.24) is 18.9 Å². The Bertz CT molecular complexity index is 1530. The molecule has 4 aromatic rings. The molecule has 0 radical (unpaired) electrons. The van der Waals surface area contributed by atoms with Crippen LogP contribution in [-0.4, -0.2) is 38.2 Å². The fourth-order valence-electron chi connectivity index (χ4n) is 4.81. The first-order valence-corrected chi connectivity index (χ1v) is 11.7. The minimum atomic E-state index is -0.139. The third-order valence-electron chi connectivity index (χ3n) is 6.77. The molecule has 1 N–H and O–H groups in total. The van der Waals surface area contributed by atoms with E-state index in [-0.39, 0.29) is 11.2 Å². The zero-order valence-corrected chi connectivity index (χ0v) is 20.1. The van der Waals surface area contributed by atoms with E-state index >= 15 is 0 Å². The van der Waals surface area contributed by atoms with E-state index in [0.29, 0.717) is 5.56 Å². The molecule has 8 heteroatoms. The summed E-state index contributed by atoms with van der Waals surface area (Å²) in [5, 5.41) is 3.17. The van der Waals surface area contributed by atoms with Crippen molar-refractivity contribution in [3.8, 4) is 5.69 Å². The number of aliphatic imine (C=N–C) groups is 1. The van der Waals surface area contributed by atoms with Crippen molar-refractivity contribution < 1.29 is 0 Å². The first-order chi connectivity index (χ1) is 16.3. The van der Waals surface area contributed by atoms with Crippen LogP contribution in [0.25, 0.3) is 16.7 Å². The zero-order valence-electron chi connectivity index (χ0n) is 20.1. The number of nitrogens with one attached hydrogen (secondary N) is 1. The van der Waals surface area contributed by atoms with Crippen molar-refractivity contribution in [2.45, 2.75) is 33.1 Å². The summed E-state index contributed by atoms with van der Waals surface area (Å²) >= 11 is 0. The second-order valence-electron chi connectivity index (χ2n) is 9.17. The number of aromatic nitrogens is 4. The summed E-state index contributed by atoms with van der Waals surface area (Å²) in [7, 11) is 3.57. The fourth-order valence-corrected chi connectivity index (χ4v) is 4.81. The Morgan fingerprint density at radius 2 is 1.65 bits per heavy atom. The lowest BCUT2D eigenvalue weighted by atomic mass is 10.1. The predicted octanol–water partition coefficient (Wildman–Crippen LogP) is 3.71. The first kappa shape index (κ1) is 22.0. The van der Waals surface area contributed by atoms with E-state index in [2.05, 4.69) is 16.1 Å². The lowest BCUT2D eigenvalue weighted by molar-refractivity contribution is 0.578. The number of rotatable bonds is 4. The third kappa shape index (κ3) is 3.69. The van der Waals surface area contributed by atoms with Crippen molar-refractivity contribution in [2.75, 3.05) is 18.0 Å². The van der Waals surface area contributed by atoms with Crippen LogP contribution in [0.5, 0.6) is 0 Å². The molecule has 3 heterocycles. The van der Waals surface area contributed by atoms with Crippen LogP contribution in [0.1, 0.15) is 36.1 Å². The molecule has 0 spiro atoms. The third-order valence-corrected chi connectivity index (χ3v) is 6.77. The number of hydrogen-bond donors (Lipinski definition) is 1. The second-order valence-corrected chi connectivity index (χ2v) is 9.17. The van der Waals surface area contributed by atoms with E-state index in [0.717, 1.165) is 65.3 Å². The summed E-state index contributed by atoms with van der Waals surface area (Å²) < 4.78 is 4.87. The minimum absolute atomic E-state index is 0.0664. The van der Waals surface area contributed by atoms with Crippen LogP contribution in [0.4, 0.5) is 11.4 Å². The first-order valence-electron chi connectivity index (χ1n) is 11.7. The number of anilines is 1. The summed E-state index contributed by atoms with van der Waals surface area (Å²) in [5.41, 5.74) is 6.41. The Morgan fingerprint density at radius 1 is 0.941 bits per heavy atom. The van der Waals surface area contributed by atoms with Crippen molar-refractivity contribution in [2.24, 2.45) is 19.1 Å². The van der Waals surface area contributed by atoms with Crippen LogP contribution >= 0.6 is 0 Å². The highest BCUT2D eigenvalue weighted by Gasteiger charge is 2.19. The Balaban J connectivity index is 1.62. The van der Waals surface area contributed by atoms with Crippen LogP contribution in [-0.2, 0) is 14.1 Å². The number of nitrogens with zero attached hydrogens (tertiary/aromatic N) is 5. The smallest absolute Gasteiger partial charge is 0.328 e. The molecule has 34 heavy (non-hydrogen) atoms. The van der Waals surface area contributed by atoms with Gasteiger partial charge in [0.2, 0.25) is 0 Å². The van der Waals surface area contributed by atoms with Gasteiger partial charge in [-0.1, -0.05) is 12.1 Å². The standard InChI is InChI=1S/C26H30N6O2/c1-17-9-8-10-19(13-17)32-25(33)20(18(2)28-32)16-27-21-14-23-24(30(4)26(34)29(23)3)15-22(21)31-11-6-5-7-12-31/h8-10,13-16,28H,5-7,11-12H2,1-4H3. The van der Waals surface area contributed by atoms with Gasteiger partial charge in [-0.2, -0.15) is 0 Å². The predicted molar refractivity (Wildman–Crippen MR) is 137 cm³/mol. The van der Waals surface area contributed by atoms with Crippen LogP contribution < -0.4 is 16.1 Å². The molecule has 2 aromatic carbocycles. The van der Waals surface area contributed by atoms with E-state index < -0.39 is 0 Å². The summed E-state index contributed by atoms with van der Waals surface area (Å²) in [5.74, 6) is 0. The zero-order chi connectivity index (χ0) is 24.0. The van der Waals surface area contributed by atoms with E-state index in [1.54, 1.807) is 34.1 Å². The van der Waals surface area contributed by atoms with Crippen LogP contribution in [0.2, 0.25) is 0 Å². The molecule has 5 rings (SSSR count). The van der Waals surface area contributed by atoms with Gasteiger partial charge >= 0.3 is 5.69 Å². The van der Waals surface area contributed by atoms with E-state index in [4.69, 9.17) is 4.99 Å². The molecule has 0 unspecified atom stereocenters. The average Bonchev–Trinajstić information content (AvgIpc) is 3.24. The van der Waals surface area contributed by atoms with Crippen LogP contribution in [0.15, 0.2) is 51.0 Å². The number of benzene rings is 2. The molecule has 176 valence electrons. The fraction of sp³-hybridized carbons (Fsp3) is 0.346. The molecule has 2 aromatic heterocycles. The number of imidazole rings is 1. The van der Waals surface area contributed by atoms with Crippen LogP contribution in [0, 0.1) is 13.8 Å². The van der Waals surface area contributed by atoms with Gasteiger partial charge in [0.25, 0.3) is 5.56 Å². The summed E-state index contributed by atoms with van der Waals surface area (Å²) in [4.78, 5) is 32.9. The molecule has 1 aliphatic rings. The molecule has 1 saturated heterocycles. The minimum Gasteiger partial charge on any atom is -0.370 e. The Hall–Kier alpha value is -3.81. The number of hydrogen-bond acceptors (Lipinski definition) is 4. The van der Waals surface area contributed by atoms with Gasteiger partial charge in [-0.05, 0) is 62.9 Å². The largest absolute Gasteiger partial charge is 0.370 e. The van der Waals surface area contributed by atoms with Crippen molar-refractivity contribution in [1.29, 1.82) is 0 Å². The molecule has 8 nitrogen and oxygen atoms in total. The molecule has 1 fully saturated rings. The molecular formula is C26H30N6O2. The Kier molecular flexibility index (Phi) is 5.51. The van der Waals surface area contributed by atoms with Gasteiger partial charge in [-0.3, -0.25) is 24.0 Å². The van der Waals surface area contributed by atoms with E-state index in [1.807, 2.05) is 44.2 Å². The number of aromatic amines is 1. The van der Waals surface area contributed by atoms with Gasteiger partial charge in [-0.25, -0.2) is 9.48 Å². The van der Waals surface area contributed by atoms with Crippen LogP contribution in [0.3, 0.4) is 0 Å². The van der Waals surface area contributed by atoms with Gasteiger partial charge in [0.05, 0.1) is 33.7 Å². The second kappa shape index (κ2) is 8.52. The summed E-state index contributed by atoms with van der Waals surface area (Å²) in [6.07, 6.45) is 5.14. The molecule has 0 bridgehead atoms.